The van der Waals surface area contributed by atoms with E-state index in [1.54, 1.807) is 22.9 Å². The number of thiazole rings is 1. The number of carbonyl (C=O) groups excluding carboxylic acids is 1. The minimum atomic E-state index is -0.0484. The quantitative estimate of drug-likeness (QED) is 0.462. The highest BCUT2D eigenvalue weighted by Gasteiger charge is 2.25. The highest BCUT2D eigenvalue weighted by atomic mass is 35.5. The van der Waals surface area contributed by atoms with Crippen molar-refractivity contribution in [2.75, 3.05) is 0 Å². The lowest BCUT2D eigenvalue weighted by molar-refractivity contribution is 0.0934. The van der Waals surface area contributed by atoms with Gasteiger partial charge in [0, 0.05) is 33.2 Å². The monoisotopic (exact) mass is 415 g/mol. The van der Waals surface area contributed by atoms with E-state index in [1.165, 1.54) is 11.3 Å². The van der Waals surface area contributed by atoms with Crippen LogP contribution in [0.25, 0.3) is 21.1 Å². The molecule has 0 radical (unpaired) electrons. The molecule has 1 amide bonds. The first kappa shape index (κ1) is 17.0. The number of halogens is 2. The maximum atomic E-state index is 12.7. The first-order valence-electron chi connectivity index (χ1n) is 8.71. The third kappa shape index (κ3) is 3.00. The molecule has 2 heterocycles. The molecular weight excluding hydrogens is 401 g/mol. The molecule has 0 aliphatic heterocycles. The van der Waals surface area contributed by atoms with E-state index in [0.29, 0.717) is 15.6 Å². The number of benzene rings is 2. The van der Waals surface area contributed by atoms with Crippen LogP contribution in [0.5, 0.6) is 0 Å². The predicted octanol–water partition coefficient (Wildman–Crippen LogP) is 5.37. The van der Waals surface area contributed by atoms with Gasteiger partial charge in [-0.25, -0.2) is 4.98 Å². The molecule has 7 heteroatoms. The number of nitrogens with zero attached hydrogens (tertiary/aromatic N) is 1. The van der Waals surface area contributed by atoms with Crippen molar-refractivity contribution in [1.82, 2.24) is 15.3 Å². The van der Waals surface area contributed by atoms with Gasteiger partial charge in [0.2, 0.25) is 0 Å². The highest BCUT2D eigenvalue weighted by molar-refractivity contribution is 7.16. The molecule has 0 saturated carbocycles. The van der Waals surface area contributed by atoms with Crippen molar-refractivity contribution in [3.8, 4) is 0 Å². The van der Waals surface area contributed by atoms with Crippen LogP contribution in [0.4, 0.5) is 0 Å². The Hall–Kier alpha value is -2.08. The van der Waals surface area contributed by atoms with E-state index in [-0.39, 0.29) is 11.9 Å². The fourth-order valence-corrected chi connectivity index (χ4v) is 5.19. The molecule has 2 aromatic carbocycles. The Morgan fingerprint density at radius 3 is 3.04 bits per heavy atom. The second kappa shape index (κ2) is 6.51. The summed E-state index contributed by atoms with van der Waals surface area (Å²) in [4.78, 5) is 20.4. The SMILES string of the molecule is O=C(N[C@H]1CCc2[nH]c3cc(Cl)cc(Cl)c3c2C1)c1ccc2ncsc2c1. The van der Waals surface area contributed by atoms with Crippen molar-refractivity contribution in [3.05, 3.63) is 62.7 Å². The fourth-order valence-electron chi connectivity index (χ4n) is 3.86. The van der Waals surface area contributed by atoms with Crippen LogP contribution < -0.4 is 5.32 Å². The van der Waals surface area contributed by atoms with Crippen LogP contribution in [0.2, 0.25) is 10.0 Å². The van der Waals surface area contributed by atoms with Gasteiger partial charge in [0.25, 0.3) is 5.91 Å². The lowest BCUT2D eigenvalue weighted by atomic mass is 9.91. The largest absolute Gasteiger partial charge is 0.358 e. The normalized spacial score (nSPS) is 16.6. The lowest BCUT2D eigenvalue weighted by Crippen LogP contribution is -2.38. The minimum Gasteiger partial charge on any atom is -0.358 e. The topological polar surface area (TPSA) is 57.8 Å². The van der Waals surface area contributed by atoms with Gasteiger partial charge in [-0.1, -0.05) is 23.2 Å². The summed E-state index contributed by atoms with van der Waals surface area (Å²) in [6, 6.07) is 9.37. The zero-order valence-electron chi connectivity index (χ0n) is 14.2. The molecule has 4 aromatic rings. The zero-order chi connectivity index (χ0) is 18.5. The van der Waals surface area contributed by atoms with E-state index in [2.05, 4.69) is 15.3 Å². The second-order valence-corrected chi connectivity index (χ2v) is 8.57. The minimum absolute atomic E-state index is 0.0484. The molecule has 0 bridgehead atoms. The fraction of sp³-hybridized carbons (Fsp3) is 0.200. The second-order valence-electron chi connectivity index (χ2n) is 6.84. The van der Waals surface area contributed by atoms with Crippen molar-refractivity contribution in [1.29, 1.82) is 0 Å². The summed E-state index contributed by atoms with van der Waals surface area (Å²) in [5.41, 5.74) is 6.71. The third-order valence-electron chi connectivity index (χ3n) is 5.13. The lowest BCUT2D eigenvalue weighted by Gasteiger charge is -2.24. The number of aromatic nitrogens is 2. The first-order valence-corrected chi connectivity index (χ1v) is 10.3. The van der Waals surface area contributed by atoms with Gasteiger partial charge in [0.15, 0.2) is 0 Å². The summed E-state index contributed by atoms with van der Waals surface area (Å²) in [5, 5.41) is 5.47. The summed E-state index contributed by atoms with van der Waals surface area (Å²) >= 11 is 14.1. The van der Waals surface area contributed by atoms with Crippen LogP contribution in [0.15, 0.2) is 35.8 Å². The van der Waals surface area contributed by atoms with E-state index < -0.39 is 0 Å². The average molecular weight is 416 g/mol. The summed E-state index contributed by atoms with van der Waals surface area (Å²) in [6.07, 6.45) is 2.52. The van der Waals surface area contributed by atoms with E-state index in [4.69, 9.17) is 23.2 Å². The van der Waals surface area contributed by atoms with Crippen LogP contribution in [0.1, 0.15) is 28.0 Å². The van der Waals surface area contributed by atoms with E-state index in [0.717, 1.165) is 40.4 Å². The molecule has 4 nitrogen and oxygen atoms in total. The van der Waals surface area contributed by atoms with Crippen molar-refractivity contribution in [2.24, 2.45) is 0 Å². The van der Waals surface area contributed by atoms with Crippen molar-refractivity contribution < 1.29 is 4.79 Å². The first-order chi connectivity index (χ1) is 13.1. The van der Waals surface area contributed by atoms with Gasteiger partial charge < -0.3 is 10.3 Å². The molecule has 0 unspecified atom stereocenters. The molecule has 0 spiro atoms. The molecule has 0 fully saturated rings. The Bertz CT molecular complexity index is 1200. The Morgan fingerprint density at radius 1 is 1.26 bits per heavy atom. The number of carbonyl (C=O) groups is 1. The summed E-state index contributed by atoms with van der Waals surface area (Å²) in [5.74, 6) is -0.0484. The van der Waals surface area contributed by atoms with Gasteiger partial charge >= 0.3 is 0 Å². The van der Waals surface area contributed by atoms with E-state index >= 15 is 0 Å². The Balaban J connectivity index is 1.41. The maximum Gasteiger partial charge on any atom is 0.251 e. The number of H-pyrrole nitrogens is 1. The standard InChI is InChI=1S/C20H15Cl2N3OS/c21-11-6-14(22)19-13-8-12(2-4-15(13)25-17(19)7-11)24-20(26)10-1-3-16-18(5-10)27-9-23-16/h1,3,5-7,9,12,25H,2,4,8H2,(H,24,26)/t12-/m0/s1. The predicted molar refractivity (Wildman–Crippen MR) is 111 cm³/mol. The molecule has 1 atom stereocenters. The molecule has 5 rings (SSSR count). The van der Waals surface area contributed by atoms with Gasteiger partial charge in [-0.2, -0.15) is 0 Å². The summed E-state index contributed by atoms with van der Waals surface area (Å²) in [6.45, 7) is 0. The van der Waals surface area contributed by atoms with Crippen LogP contribution >= 0.6 is 34.5 Å². The van der Waals surface area contributed by atoms with Crippen LogP contribution in [-0.4, -0.2) is 21.9 Å². The van der Waals surface area contributed by atoms with Gasteiger partial charge in [-0.15, -0.1) is 11.3 Å². The van der Waals surface area contributed by atoms with Gasteiger partial charge in [-0.3, -0.25) is 4.79 Å². The number of nitrogens with one attached hydrogen (secondary N) is 2. The molecule has 136 valence electrons. The number of aryl methyl sites for hydroxylation is 1. The van der Waals surface area contributed by atoms with Crippen molar-refractivity contribution in [2.45, 2.75) is 25.3 Å². The maximum absolute atomic E-state index is 12.7. The number of hydrogen-bond acceptors (Lipinski definition) is 3. The van der Waals surface area contributed by atoms with Gasteiger partial charge in [0.05, 0.1) is 20.7 Å². The number of fused-ring (bicyclic) bond motifs is 4. The molecular formula is C20H15Cl2N3OS. The van der Waals surface area contributed by atoms with Crippen LogP contribution in [0.3, 0.4) is 0 Å². The third-order valence-corrected chi connectivity index (χ3v) is 6.44. The molecule has 27 heavy (non-hydrogen) atoms. The van der Waals surface area contributed by atoms with E-state index in [9.17, 15) is 4.79 Å². The summed E-state index contributed by atoms with van der Waals surface area (Å²) in [7, 11) is 0. The van der Waals surface area contributed by atoms with Gasteiger partial charge in [-0.05, 0) is 55.2 Å². The van der Waals surface area contributed by atoms with Crippen LogP contribution in [-0.2, 0) is 12.8 Å². The molecule has 1 aliphatic carbocycles. The Morgan fingerprint density at radius 2 is 2.15 bits per heavy atom. The number of rotatable bonds is 2. The molecule has 2 aromatic heterocycles. The number of amides is 1. The highest BCUT2D eigenvalue weighted by Crippen LogP contribution is 2.36. The van der Waals surface area contributed by atoms with Crippen molar-refractivity contribution in [3.63, 3.8) is 0 Å². The molecule has 1 aliphatic rings. The number of hydrogen-bond donors (Lipinski definition) is 2. The zero-order valence-corrected chi connectivity index (χ0v) is 16.5. The number of aromatic amines is 1. The van der Waals surface area contributed by atoms with E-state index in [1.807, 2.05) is 24.3 Å². The average Bonchev–Trinajstić information content (AvgIpc) is 3.24. The van der Waals surface area contributed by atoms with Crippen molar-refractivity contribution >= 4 is 61.6 Å². The molecule has 2 N–H and O–H groups in total. The Kier molecular flexibility index (Phi) is 4.11. The summed E-state index contributed by atoms with van der Waals surface area (Å²) < 4.78 is 1.02. The van der Waals surface area contributed by atoms with Gasteiger partial charge in [0.1, 0.15) is 0 Å². The smallest absolute Gasteiger partial charge is 0.251 e. The Labute approximate surface area is 169 Å². The van der Waals surface area contributed by atoms with Crippen LogP contribution in [0, 0.1) is 0 Å². The molecule has 0 saturated heterocycles.